The molecule has 1 aliphatic heterocycles. The Morgan fingerprint density at radius 3 is 2.61 bits per heavy atom. The highest BCUT2D eigenvalue weighted by molar-refractivity contribution is 6.01. The second-order valence-electron chi connectivity index (χ2n) is 8.18. The summed E-state index contributed by atoms with van der Waals surface area (Å²) >= 11 is 0. The SMILES string of the molecule is CCOC(=O)c1cccc(-c2nc(NC(=O)C(C)(C#N)c3ccc4c(c3)OC(F)(F)O4)ccc2C)c1. The van der Waals surface area contributed by atoms with E-state index in [2.05, 4.69) is 19.8 Å². The lowest BCUT2D eigenvalue weighted by Gasteiger charge is -2.21. The van der Waals surface area contributed by atoms with Crippen molar-refractivity contribution in [3.8, 4) is 28.8 Å². The molecule has 3 aromatic rings. The number of ether oxygens (including phenoxy) is 3. The van der Waals surface area contributed by atoms with E-state index in [1.54, 1.807) is 43.3 Å². The van der Waals surface area contributed by atoms with E-state index in [0.29, 0.717) is 16.8 Å². The molecule has 0 aliphatic carbocycles. The summed E-state index contributed by atoms with van der Waals surface area (Å²) in [6.07, 6.45) is -3.82. The van der Waals surface area contributed by atoms with Gasteiger partial charge in [-0.3, -0.25) is 4.79 Å². The Balaban J connectivity index is 1.62. The minimum atomic E-state index is -3.82. The normalized spacial score (nSPS) is 14.9. The highest BCUT2D eigenvalue weighted by atomic mass is 19.3. The van der Waals surface area contributed by atoms with Crippen molar-refractivity contribution in [1.82, 2.24) is 4.98 Å². The number of pyridine rings is 1. The fraction of sp³-hybridized carbons (Fsp3) is 0.231. The highest BCUT2D eigenvalue weighted by Crippen LogP contribution is 2.43. The van der Waals surface area contributed by atoms with Crippen molar-refractivity contribution in [2.45, 2.75) is 32.5 Å². The molecule has 0 bridgehead atoms. The first kappa shape index (κ1) is 24.6. The zero-order valence-electron chi connectivity index (χ0n) is 19.6. The van der Waals surface area contributed by atoms with Crippen molar-refractivity contribution in [2.24, 2.45) is 0 Å². The second kappa shape index (κ2) is 9.26. The van der Waals surface area contributed by atoms with Crippen LogP contribution in [-0.2, 0) is 14.9 Å². The van der Waals surface area contributed by atoms with Gasteiger partial charge in [-0.1, -0.05) is 24.3 Å². The van der Waals surface area contributed by atoms with E-state index in [4.69, 9.17) is 4.74 Å². The van der Waals surface area contributed by atoms with Gasteiger partial charge in [0.15, 0.2) is 16.9 Å². The molecule has 1 N–H and O–H groups in total. The molecule has 0 saturated heterocycles. The van der Waals surface area contributed by atoms with E-state index in [-0.39, 0.29) is 29.5 Å². The quantitative estimate of drug-likeness (QED) is 0.483. The lowest BCUT2D eigenvalue weighted by molar-refractivity contribution is -0.286. The molecule has 184 valence electrons. The molecule has 2 heterocycles. The predicted octanol–water partition coefficient (Wildman–Crippen LogP) is 4.98. The van der Waals surface area contributed by atoms with Gasteiger partial charge < -0.3 is 19.5 Å². The molecule has 8 nitrogen and oxygen atoms in total. The molecule has 1 amide bonds. The Morgan fingerprint density at radius 1 is 1.14 bits per heavy atom. The molecule has 1 aliphatic rings. The van der Waals surface area contributed by atoms with Crippen LogP contribution in [0, 0.1) is 18.3 Å². The summed E-state index contributed by atoms with van der Waals surface area (Å²) in [5.41, 5.74) is 0.672. The van der Waals surface area contributed by atoms with Crippen LogP contribution in [0.1, 0.15) is 35.3 Å². The molecule has 0 radical (unpaired) electrons. The van der Waals surface area contributed by atoms with Crippen molar-refractivity contribution in [3.63, 3.8) is 0 Å². The first-order valence-electron chi connectivity index (χ1n) is 10.9. The summed E-state index contributed by atoms with van der Waals surface area (Å²) in [5.74, 6) is -1.50. The molecule has 2 aromatic carbocycles. The number of nitrogens with zero attached hydrogens (tertiary/aromatic N) is 2. The number of carbonyl (C=O) groups excluding carboxylic acids is 2. The first-order valence-corrected chi connectivity index (χ1v) is 10.9. The second-order valence-corrected chi connectivity index (χ2v) is 8.18. The number of alkyl halides is 2. The van der Waals surface area contributed by atoms with E-state index >= 15 is 0 Å². The van der Waals surface area contributed by atoms with Crippen LogP contribution in [-0.4, -0.2) is 29.8 Å². The van der Waals surface area contributed by atoms with Gasteiger partial charge in [0.2, 0.25) is 5.91 Å². The van der Waals surface area contributed by atoms with E-state index in [9.17, 15) is 23.6 Å². The number of aryl methyl sites for hydroxylation is 1. The summed E-state index contributed by atoms with van der Waals surface area (Å²) in [5, 5.41) is 12.5. The number of fused-ring (bicyclic) bond motifs is 1. The third-order valence-corrected chi connectivity index (χ3v) is 5.64. The Bertz CT molecular complexity index is 1400. The van der Waals surface area contributed by atoms with Crippen LogP contribution in [0.15, 0.2) is 54.6 Å². The van der Waals surface area contributed by atoms with Gasteiger partial charge >= 0.3 is 12.3 Å². The van der Waals surface area contributed by atoms with Crippen LogP contribution in [0.4, 0.5) is 14.6 Å². The maximum atomic E-state index is 13.4. The standard InChI is InChI=1S/C26H21F2N3O5/c1-4-34-23(32)17-7-5-6-16(12-17)22-15(2)8-11-21(30-22)31-24(33)25(3,14-29)18-9-10-19-20(13-18)36-26(27,28)35-19/h5-13H,4H2,1-3H3,(H,30,31,33). The number of hydrogen-bond acceptors (Lipinski definition) is 7. The van der Waals surface area contributed by atoms with Gasteiger partial charge in [-0.25, -0.2) is 9.78 Å². The van der Waals surface area contributed by atoms with E-state index in [1.165, 1.54) is 25.1 Å². The van der Waals surface area contributed by atoms with Gasteiger partial charge in [0.25, 0.3) is 0 Å². The molecule has 0 spiro atoms. The maximum absolute atomic E-state index is 13.4. The number of esters is 1. The number of nitrogens with one attached hydrogen (secondary N) is 1. The molecule has 10 heteroatoms. The highest BCUT2D eigenvalue weighted by Gasteiger charge is 2.45. The summed E-state index contributed by atoms with van der Waals surface area (Å²) < 4.78 is 40.7. The summed E-state index contributed by atoms with van der Waals surface area (Å²) in [6.45, 7) is 5.14. The largest absolute Gasteiger partial charge is 0.586 e. The predicted molar refractivity (Wildman–Crippen MR) is 125 cm³/mol. The number of rotatable bonds is 6. The van der Waals surface area contributed by atoms with Gasteiger partial charge in [-0.05, 0) is 62.2 Å². The minimum Gasteiger partial charge on any atom is -0.462 e. The van der Waals surface area contributed by atoms with Gasteiger partial charge in [0, 0.05) is 5.56 Å². The fourth-order valence-electron chi connectivity index (χ4n) is 3.65. The summed E-state index contributed by atoms with van der Waals surface area (Å²) in [6, 6.07) is 15.7. The van der Waals surface area contributed by atoms with Gasteiger partial charge in [-0.15, -0.1) is 8.78 Å². The van der Waals surface area contributed by atoms with E-state index in [0.717, 1.165) is 5.56 Å². The lowest BCUT2D eigenvalue weighted by atomic mass is 9.83. The first-order chi connectivity index (χ1) is 17.1. The van der Waals surface area contributed by atoms with E-state index in [1.807, 2.05) is 13.0 Å². The van der Waals surface area contributed by atoms with Crippen LogP contribution in [0.5, 0.6) is 11.5 Å². The molecule has 4 rings (SSSR count). The molecule has 1 aromatic heterocycles. The van der Waals surface area contributed by atoms with Crippen LogP contribution >= 0.6 is 0 Å². The number of amides is 1. The zero-order valence-corrected chi connectivity index (χ0v) is 19.6. The minimum absolute atomic E-state index is 0.136. The maximum Gasteiger partial charge on any atom is 0.586 e. The molecule has 0 saturated carbocycles. The number of halogens is 2. The van der Waals surface area contributed by atoms with Gasteiger partial charge in [0.05, 0.1) is 23.9 Å². The Kier molecular flexibility index (Phi) is 6.33. The Morgan fingerprint density at radius 2 is 1.89 bits per heavy atom. The van der Waals surface area contributed by atoms with Gasteiger partial charge in [0.1, 0.15) is 5.82 Å². The number of hydrogen-bond donors (Lipinski definition) is 1. The third kappa shape index (κ3) is 4.68. The lowest BCUT2D eigenvalue weighted by Crippen LogP contribution is -2.36. The molecule has 1 unspecified atom stereocenters. The number of anilines is 1. The Labute approximate surface area is 205 Å². The molecule has 0 fully saturated rings. The Hall–Kier alpha value is -4.52. The van der Waals surface area contributed by atoms with Gasteiger partial charge in [-0.2, -0.15) is 5.26 Å². The van der Waals surface area contributed by atoms with Crippen molar-refractivity contribution < 1.29 is 32.6 Å². The van der Waals surface area contributed by atoms with Crippen LogP contribution in [0.25, 0.3) is 11.3 Å². The van der Waals surface area contributed by atoms with Crippen molar-refractivity contribution in [1.29, 1.82) is 5.26 Å². The topological polar surface area (TPSA) is 111 Å². The average molecular weight is 493 g/mol. The average Bonchev–Trinajstić information content (AvgIpc) is 3.17. The molecular weight excluding hydrogens is 472 g/mol. The number of aromatic nitrogens is 1. The summed E-state index contributed by atoms with van der Waals surface area (Å²) in [7, 11) is 0. The van der Waals surface area contributed by atoms with Crippen LogP contribution in [0.2, 0.25) is 0 Å². The van der Waals surface area contributed by atoms with Crippen molar-refractivity contribution in [3.05, 3.63) is 71.3 Å². The zero-order chi connectivity index (χ0) is 26.1. The van der Waals surface area contributed by atoms with Crippen molar-refractivity contribution >= 4 is 17.7 Å². The number of carbonyl (C=O) groups is 2. The van der Waals surface area contributed by atoms with Crippen LogP contribution in [0.3, 0.4) is 0 Å². The fourth-order valence-corrected chi connectivity index (χ4v) is 3.65. The monoisotopic (exact) mass is 493 g/mol. The molecular formula is C26H21F2N3O5. The number of nitriles is 1. The molecule has 1 atom stereocenters. The van der Waals surface area contributed by atoms with Crippen LogP contribution < -0.4 is 14.8 Å². The molecule has 36 heavy (non-hydrogen) atoms. The smallest absolute Gasteiger partial charge is 0.462 e. The van der Waals surface area contributed by atoms with Crippen molar-refractivity contribution in [2.75, 3.05) is 11.9 Å². The van der Waals surface area contributed by atoms with E-state index < -0.39 is 23.6 Å². The number of benzene rings is 2. The summed E-state index contributed by atoms with van der Waals surface area (Å²) in [4.78, 5) is 29.8. The third-order valence-electron chi connectivity index (χ3n) is 5.64.